The molecule has 0 aromatic rings. The van der Waals surface area contributed by atoms with Crippen LogP contribution in [0.25, 0.3) is 0 Å². The summed E-state index contributed by atoms with van der Waals surface area (Å²) < 4.78 is 5.01. The number of hydroxylamine groups is 1. The van der Waals surface area contributed by atoms with Gasteiger partial charge >= 0.3 is 0 Å². The average molecular weight is 146 g/mol. The van der Waals surface area contributed by atoms with Gasteiger partial charge in [-0.15, -0.1) is 0 Å². The summed E-state index contributed by atoms with van der Waals surface area (Å²) in [4.78, 5) is 4.78. The van der Waals surface area contributed by atoms with Crippen molar-refractivity contribution in [2.45, 2.75) is 26.7 Å². The minimum Gasteiger partial charge on any atom is -0.353 e. The Hall–Kier alpha value is -0.120. The van der Waals surface area contributed by atoms with E-state index in [0.29, 0.717) is 6.79 Å². The third kappa shape index (κ3) is 7.88. The maximum Gasteiger partial charge on any atom is 0.168 e. The normalized spacial score (nSPS) is 10.2. The van der Waals surface area contributed by atoms with Gasteiger partial charge in [0.1, 0.15) is 0 Å². The molecule has 0 saturated carbocycles. The van der Waals surface area contributed by atoms with E-state index in [2.05, 4.69) is 19.3 Å². The van der Waals surface area contributed by atoms with Crippen LogP contribution in [0.4, 0.5) is 0 Å². The highest BCUT2D eigenvalue weighted by Crippen LogP contribution is 1.80. The van der Waals surface area contributed by atoms with Crippen molar-refractivity contribution in [3.63, 3.8) is 0 Å². The second-order valence-electron chi connectivity index (χ2n) is 2.01. The molecule has 0 amide bonds. The maximum atomic E-state index is 5.01. The molecule has 0 aromatic carbocycles. The van der Waals surface area contributed by atoms with E-state index in [0.717, 1.165) is 26.0 Å². The number of nitrogens with zero attached hydrogens (tertiary/aromatic N) is 1. The Bertz CT molecular complexity index is 51.6. The fourth-order valence-corrected chi connectivity index (χ4v) is 0.434. The molecule has 10 heavy (non-hydrogen) atoms. The van der Waals surface area contributed by atoms with Crippen molar-refractivity contribution in [2.24, 2.45) is 0 Å². The van der Waals surface area contributed by atoms with Gasteiger partial charge in [0.05, 0.1) is 0 Å². The summed E-state index contributed by atoms with van der Waals surface area (Å²) in [7, 11) is 0. The zero-order chi connectivity index (χ0) is 7.66. The van der Waals surface area contributed by atoms with Gasteiger partial charge in [-0.1, -0.05) is 19.3 Å². The van der Waals surface area contributed by atoms with Crippen molar-refractivity contribution < 1.29 is 9.57 Å². The van der Waals surface area contributed by atoms with Gasteiger partial charge in [-0.3, -0.25) is 4.84 Å². The Morgan fingerprint density at radius 3 is 2.60 bits per heavy atom. The fourth-order valence-electron chi connectivity index (χ4n) is 0.434. The van der Waals surface area contributed by atoms with Crippen molar-refractivity contribution in [2.75, 3.05) is 19.9 Å². The SMILES string of the molecule is CCC[N]OCOCCC. The number of ether oxygens (including phenoxy) is 1. The predicted octanol–water partition coefficient (Wildman–Crippen LogP) is 1.32. The third-order valence-electron chi connectivity index (χ3n) is 0.891. The Kier molecular flexibility index (Phi) is 8.77. The first kappa shape index (κ1) is 9.88. The topological polar surface area (TPSA) is 32.6 Å². The Morgan fingerprint density at radius 1 is 1.20 bits per heavy atom. The van der Waals surface area contributed by atoms with Gasteiger partial charge in [0, 0.05) is 13.2 Å². The van der Waals surface area contributed by atoms with Crippen LogP contribution in [-0.2, 0) is 9.57 Å². The molecule has 0 atom stereocenters. The van der Waals surface area contributed by atoms with E-state index in [4.69, 9.17) is 9.57 Å². The summed E-state index contributed by atoms with van der Waals surface area (Å²) in [5.41, 5.74) is 3.74. The first-order valence-electron chi connectivity index (χ1n) is 3.78. The molecule has 0 unspecified atom stereocenters. The third-order valence-corrected chi connectivity index (χ3v) is 0.891. The van der Waals surface area contributed by atoms with E-state index < -0.39 is 0 Å². The summed E-state index contributed by atoms with van der Waals surface area (Å²) in [5, 5.41) is 0. The van der Waals surface area contributed by atoms with Gasteiger partial charge in [0.2, 0.25) is 0 Å². The van der Waals surface area contributed by atoms with Gasteiger partial charge in [0.25, 0.3) is 0 Å². The molecule has 0 aromatic heterocycles. The van der Waals surface area contributed by atoms with Crippen molar-refractivity contribution in [1.29, 1.82) is 0 Å². The molecular formula is C7H16NO2. The number of hydrogen-bond donors (Lipinski definition) is 0. The lowest BCUT2D eigenvalue weighted by Gasteiger charge is -2.01. The van der Waals surface area contributed by atoms with Crippen molar-refractivity contribution in [3.8, 4) is 0 Å². The van der Waals surface area contributed by atoms with Gasteiger partial charge < -0.3 is 4.74 Å². The summed E-state index contributed by atoms with van der Waals surface area (Å²) >= 11 is 0. The van der Waals surface area contributed by atoms with Crippen LogP contribution in [0.15, 0.2) is 0 Å². The Labute approximate surface area is 62.7 Å². The smallest absolute Gasteiger partial charge is 0.168 e. The molecule has 0 N–H and O–H groups in total. The van der Waals surface area contributed by atoms with Crippen molar-refractivity contribution >= 4 is 0 Å². The van der Waals surface area contributed by atoms with Gasteiger partial charge in [0.15, 0.2) is 6.79 Å². The molecule has 0 heterocycles. The summed E-state index contributed by atoms with van der Waals surface area (Å²) in [6.45, 7) is 5.92. The lowest BCUT2D eigenvalue weighted by molar-refractivity contribution is -0.103. The van der Waals surface area contributed by atoms with Crippen LogP contribution in [0.5, 0.6) is 0 Å². The molecule has 61 valence electrons. The van der Waals surface area contributed by atoms with Gasteiger partial charge in [-0.2, -0.15) is 0 Å². The monoisotopic (exact) mass is 146 g/mol. The van der Waals surface area contributed by atoms with Crippen LogP contribution in [-0.4, -0.2) is 19.9 Å². The summed E-state index contributed by atoms with van der Waals surface area (Å²) in [5.74, 6) is 0. The molecule has 3 heteroatoms. The van der Waals surface area contributed by atoms with Crippen LogP contribution >= 0.6 is 0 Å². The van der Waals surface area contributed by atoms with Crippen LogP contribution in [0, 0.1) is 0 Å². The molecule has 0 aliphatic heterocycles. The van der Waals surface area contributed by atoms with E-state index in [1.54, 1.807) is 0 Å². The molecule has 0 spiro atoms. The quantitative estimate of drug-likeness (QED) is 0.308. The number of hydrogen-bond acceptors (Lipinski definition) is 2. The Morgan fingerprint density at radius 2 is 2.00 bits per heavy atom. The lowest BCUT2D eigenvalue weighted by atomic mass is 10.5. The standard InChI is InChI=1S/C7H16NO2/c1-3-5-8-10-7-9-6-4-2/h3-7H2,1-2H3. The van der Waals surface area contributed by atoms with Gasteiger partial charge in [-0.05, 0) is 12.8 Å². The molecule has 0 rings (SSSR count). The molecule has 0 bridgehead atoms. The predicted molar refractivity (Wildman–Crippen MR) is 39.5 cm³/mol. The molecule has 3 nitrogen and oxygen atoms in total. The molecular weight excluding hydrogens is 130 g/mol. The van der Waals surface area contributed by atoms with E-state index in [-0.39, 0.29) is 0 Å². The molecule has 0 saturated heterocycles. The van der Waals surface area contributed by atoms with Crippen LogP contribution in [0.2, 0.25) is 0 Å². The van der Waals surface area contributed by atoms with Gasteiger partial charge in [-0.25, -0.2) is 0 Å². The first-order chi connectivity index (χ1) is 4.91. The minimum absolute atomic E-state index is 0.299. The summed E-state index contributed by atoms with van der Waals surface area (Å²) in [6.07, 6.45) is 2.05. The molecule has 0 fully saturated rings. The highest BCUT2D eigenvalue weighted by atomic mass is 16.7. The first-order valence-corrected chi connectivity index (χ1v) is 3.78. The second-order valence-corrected chi connectivity index (χ2v) is 2.01. The highest BCUT2D eigenvalue weighted by Gasteiger charge is 1.86. The van der Waals surface area contributed by atoms with E-state index in [1.807, 2.05) is 0 Å². The summed E-state index contributed by atoms with van der Waals surface area (Å²) in [6, 6.07) is 0. The van der Waals surface area contributed by atoms with Crippen LogP contribution in [0.3, 0.4) is 0 Å². The molecule has 0 aliphatic carbocycles. The Balaban J connectivity index is 2.65. The zero-order valence-corrected chi connectivity index (χ0v) is 6.80. The maximum absolute atomic E-state index is 5.01. The fraction of sp³-hybridized carbons (Fsp3) is 1.00. The molecule has 1 radical (unpaired) electrons. The number of rotatable bonds is 7. The van der Waals surface area contributed by atoms with Crippen molar-refractivity contribution in [3.05, 3.63) is 0 Å². The van der Waals surface area contributed by atoms with E-state index in [9.17, 15) is 0 Å². The zero-order valence-electron chi connectivity index (χ0n) is 6.80. The van der Waals surface area contributed by atoms with E-state index >= 15 is 0 Å². The molecule has 0 aliphatic rings. The second kappa shape index (κ2) is 8.88. The van der Waals surface area contributed by atoms with Crippen molar-refractivity contribution in [1.82, 2.24) is 5.48 Å². The average Bonchev–Trinajstić information content (AvgIpc) is 1.97. The van der Waals surface area contributed by atoms with Crippen LogP contribution < -0.4 is 5.48 Å². The van der Waals surface area contributed by atoms with Crippen LogP contribution in [0.1, 0.15) is 26.7 Å². The highest BCUT2D eigenvalue weighted by molar-refractivity contribution is 4.25. The largest absolute Gasteiger partial charge is 0.353 e. The van der Waals surface area contributed by atoms with E-state index in [1.165, 1.54) is 0 Å². The lowest BCUT2D eigenvalue weighted by Crippen LogP contribution is -2.10. The minimum atomic E-state index is 0.299.